The molecule has 122 valence electrons. The lowest BCUT2D eigenvalue weighted by Gasteiger charge is -2.15. The van der Waals surface area contributed by atoms with E-state index in [4.69, 9.17) is 4.74 Å². The molecule has 2 rings (SSSR count). The highest BCUT2D eigenvalue weighted by Gasteiger charge is 2.19. The molecule has 0 aliphatic heterocycles. The number of hydrogen-bond acceptors (Lipinski definition) is 5. The highest BCUT2D eigenvalue weighted by Crippen LogP contribution is 2.31. The van der Waals surface area contributed by atoms with Gasteiger partial charge in [-0.1, -0.05) is 12.1 Å². The van der Waals surface area contributed by atoms with Crippen LogP contribution in [-0.4, -0.2) is 41.6 Å². The van der Waals surface area contributed by atoms with E-state index >= 15 is 0 Å². The predicted octanol–water partition coefficient (Wildman–Crippen LogP) is 2.56. The maximum atomic E-state index is 13.5. The molecule has 0 saturated heterocycles. The Balaban J connectivity index is 2.18. The van der Waals surface area contributed by atoms with Gasteiger partial charge in [-0.15, -0.1) is 0 Å². The predicted molar refractivity (Wildman–Crippen MR) is 83.4 cm³/mol. The SMILES string of the molecule is CN(C)Cc1c(O)ccc(C(=O)COc2ccccc2F)c1O. The summed E-state index contributed by atoms with van der Waals surface area (Å²) < 4.78 is 18.6. The van der Waals surface area contributed by atoms with Crippen LogP contribution in [-0.2, 0) is 6.54 Å². The van der Waals surface area contributed by atoms with Crippen LogP contribution in [0.25, 0.3) is 0 Å². The molecule has 0 radical (unpaired) electrons. The van der Waals surface area contributed by atoms with E-state index in [0.717, 1.165) is 0 Å². The highest BCUT2D eigenvalue weighted by molar-refractivity contribution is 6.00. The van der Waals surface area contributed by atoms with E-state index in [1.807, 2.05) is 0 Å². The first-order chi connectivity index (χ1) is 10.9. The Bertz CT molecular complexity index is 716. The van der Waals surface area contributed by atoms with Gasteiger partial charge in [0.25, 0.3) is 0 Å². The summed E-state index contributed by atoms with van der Waals surface area (Å²) in [5.41, 5.74) is 0.280. The van der Waals surface area contributed by atoms with E-state index in [9.17, 15) is 19.4 Å². The standard InChI is InChI=1S/C17H18FNO4/c1-19(2)9-12-14(20)8-7-11(17(12)22)15(21)10-23-16-6-4-3-5-13(16)18/h3-8,20,22H,9-10H2,1-2H3. The fourth-order valence-corrected chi connectivity index (χ4v) is 2.11. The van der Waals surface area contributed by atoms with Gasteiger partial charge in [-0.25, -0.2) is 4.39 Å². The first-order valence-electron chi connectivity index (χ1n) is 6.99. The molecule has 0 spiro atoms. The topological polar surface area (TPSA) is 70.0 Å². The van der Waals surface area contributed by atoms with Crippen molar-refractivity contribution in [2.24, 2.45) is 0 Å². The summed E-state index contributed by atoms with van der Waals surface area (Å²) in [7, 11) is 3.54. The second-order valence-electron chi connectivity index (χ2n) is 5.34. The quantitative estimate of drug-likeness (QED) is 0.801. The third kappa shape index (κ3) is 3.98. The van der Waals surface area contributed by atoms with Crippen molar-refractivity contribution in [3.8, 4) is 17.2 Å². The van der Waals surface area contributed by atoms with Gasteiger partial charge < -0.3 is 19.8 Å². The lowest BCUT2D eigenvalue weighted by atomic mass is 10.0. The number of ketones is 1. The third-order valence-electron chi connectivity index (χ3n) is 3.23. The summed E-state index contributed by atoms with van der Waals surface area (Å²) in [6.07, 6.45) is 0. The van der Waals surface area contributed by atoms with Gasteiger partial charge >= 0.3 is 0 Å². The average molecular weight is 319 g/mol. The van der Waals surface area contributed by atoms with Crippen LogP contribution in [0.1, 0.15) is 15.9 Å². The minimum atomic E-state index is -0.566. The molecule has 5 nitrogen and oxygen atoms in total. The largest absolute Gasteiger partial charge is 0.507 e. The monoisotopic (exact) mass is 319 g/mol. The highest BCUT2D eigenvalue weighted by atomic mass is 19.1. The van der Waals surface area contributed by atoms with Gasteiger partial charge in [0, 0.05) is 6.54 Å². The maximum absolute atomic E-state index is 13.5. The van der Waals surface area contributed by atoms with Crippen LogP contribution in [0, 0.1) is 5.82 Å². The molecule has 0 fully saturated rings. The minimum absolute atomic E-state index is 0.0241. The van der Waals surface area contributed by atoms with Crippen molar-refractivity contribution in [2.45, 2.75) is 6.54 Å². The average Bonchev–Trinajstić information content (AvgIpc) is 2.50. The number of para-hydroxylation sites is 1. The molecule has 2 aromatic rings. The molecule has 0 amide bonds. The first-order valence-corrected chi connectivity index (χ1v) is 6.99. The lowest BCUT2D eigenvalue weighted by molar-refractivity contribution is 0.0915. The van der Waals surface area contributed by atoms with Crippen LogP contribution < -0.4 is 4.74 Å². The number of Topliss-reactive ketones (excluding diaryl/α,β-unsaturated/α-hetero) is 1. The van der Waals surface area contributed by atoms with Gasteiger partial charge in [0.15, 0.2) is 18.2 Å². The molecule has 0 aromatic heterocycles. The zero-order valence-electron chi connectivity index (χ0n) is 12.9. The van der Waals surface area contributed by atoms with Gasteiger partial charge in [-0.05, 0) is 38.4 Å². The Morgan fingerprint density at radius 2 is 1.87 bits per heavy atom. The molecular formula is C17H18FNO4. The molecule has 0 atom stereocenters. The van der Waals surface area contributed by atoms with Crippen molar-refractivity contribution in [3.05, 3.63) is 53.3 Å². The smallest absolute Gasteiger partial charge is 0.203 e. The van der Waals surface area contributed by atoms with Gasteiger partial charge in [-0.3, -0.25) is 4.79 Å². The Morgan fingerprint density at radius 3 is 2.52 bits per heavy atom. The van der Waals surface area contributed by atoms with Crippen molar-refractivity contribution in [3.63, 3.8) is 0 Å². The second kappa shape index (κ2) is 7.11. The van der Waals surface area contributed by atoms with Gasteiger partial charge in [-0.2, -0.15) is 0 Å². The number of hydrogen-bond donors (Lipinski definition) is 2. The number of ether oxygens (including phenoxy) is 1. The second-order valence-corrected chi connectivity index (χ2v) is 5.34. The maximum Gasteiger partial charge on any atom is 0.203 e. The van der Waals surface area contributed by atoms with E-state index in [1.54, 1.807) is 25.1 Å². The molecule has 23 heavy (non-hydrogen) atoms. The minimum Gasteiger partial charge on any atom is -0.507 e. The molecule has 2 aromatic carbocycles. The van der Waals surface area contributed by atoms with Crippen molar-refractivity contribution in [1.29, 1.82) is 0 Å². The van der Waals surface area contributed by atoms with Crippen LogP contribution in [0.15, 0.2) is 36.4 Å². The van der Waals surface area contributed by atoms with Crippen LogP contribution in [0.5, 0.6) is 17.2 Å². The number of carbonyl (C=O) groups is 1. The molecule has 6 heteroatoms. The Labute approximate surface area is 133 Å². The van der Waals surface area contributed by atoms with Crippen molar-refractivity contribution in [1.82, 2.24) is 4.90 Å². The Morgan fingerprint density at radius 1 is 1.17 bits per heavy atom. The Hall–Kier alpha value is -2.60. The molecule has 0 heterocycles. The first kappa shape index (κ1) is 16.8. The van der Waals surface area contributed by atoms with Crippen LogP contribution in [0.3, 0.4) is 0 Å². The number of aromatic hydroxyl groups is 2. The van der Waals surface area contributed by atoms with Crippen LogP contribution in [0.2, 0.25) is 0 Å². The number of rotatable bonds is 6. The van der Waals surface area contributed by atoms with E-state index < -0.39 is 18.2 Å². The van der Waals surface area contributed by atoms with E-state index in [2.05, 4.69) is 0 Å². The zero-order chi connectivity index (χ0) is 17.0. The van der Waals surface area contributed by atoms with Gasteiger partial charge in [0.2, 0.25) is 5.78 Å². The van der Waals surface area contributed by atoms with Crippen molar-refractivity contribution < 1.29 is 24.1 Å². The van der Waals surface area contributed by atoms with Gasteiger partial charge in [0.05, 0.1) is 11.1 Å². The van der Waals surface area contributed by atoms with Crippen molar-refractivity contribution in [2.75, 3.05) is 20.7 Å². The molecular weight excluding hydrogens is 301 g/mol. The molecule has 0 aliphatic rings. The number of halogens is 1. The van der Waals surface area contributed by atoms with E-state index in [1.165, 1.54) is 30.3 Å². The van der Waals surface area contributed by atoms with Gasteiger partial charge in [0.1, 0.15) is 11.5 Å². The molecule has 0 bridgehead atoms. The fraction of sp³-hybridized carbons (Fsp3) is 0.235. The van der Waals surface area contributed by atoms with E-state index in [-0.39, 0.29) is 34.9 Å². The zero-order valence-corrected chi connectivity index (χ0v) is 12.9. The summed E-state index contributed by atoms with van der Waals surface area (Å²) in [4.78, 5) is 13.9. The van der Waals surface area contributed by atoms with E-state index in [0.29, 0.717) is 0 Å². The third-order valence-corrected chi connectivity index (χ3v) is 3.23. The molecule has 2 N–H and O–H groups in total. The number of phenolic OH excluding ortho intramolecular Hbond substituents is 2. The fourth-order valence-electron chi connectivity index (χ4n) is 2.11. The normalized spacial score (nSPS) is 10.8. The molecule has 0 unspecified atom stereocenters. The molecule has 0 saturated carbocycles. The summed E-state index contributed by atoms with van der Waals surface area (Å²) in [6, 6.07) is 8.41. The number of carbonyl (C=O) groups excluding carboxylic acids is 1. The number of benzene rings is 2. The summed E-state index contributed by atoms with van der Waals surface area (Å²) in [5.74, 6) is -1.49. The van der Waals surface area contributed by atoms with Crippen LogP contribution >= 0.6 is 0 Å². The summed E-state index contributed by atoms with van der Waals surface area (Å²) in [6.45, 7) is -0.145. The lowest BCUT2D eigenvalue weighted by Crippen LogP contribution is -2.15. The van der Waals surface area contributed by atoms with Crippen molar-refractivity contribution >= 4 is 5.78 Å². The Kier molecular flexibility index (Phi) is 5.18. The van der Waals surface area contributed by atoms with Crippen LogP contribution in [0.4, 0.5) is 4.39 Å². The molecule has 0 aliphatic carbocycles. The number of nitrogens with zero attached hydrogens (tertiary/aromatic N) is 1. The number of phenols is 2. The summed E-state index contributed by atoms with van der Waals surface area (Å²) >= 11 is 0. The summed E-state index contributed by atoms with van der Waals surface area (Å²) in [5, 5.41) is 20.0.